The molecule has 2 aromatic rings. The van der Waals surface area contributed by atoms with Crippen LogP contribution in [0.1, 0.15) is 79.8 Å². The number of aromatic hydroxyl groups is 1. The number of likely N-dealkylation sites (tertiary alicyclic amines) is 1. The van der Waals surface area contributed by atoms with Crippen molar-refractivity contribution < 1.29 is 14.3 Å². The molecule has 0 bridgehead atoms. The first-order chi connectivity index (χ1) is 18.9. The summed E-state index contributed by atoms with van der Waals surface area (Å²) in [6.45, 7) is 7.38. The van der Waals surface area contributed by atoms with Crippen molar-refractivity contribution in [2.45, 2.75) is 89.0 Å². The van der Waals surface area contributed by atoms with E-state index >= 15 is 0 Å². The number of hydrogen-bond donors (Lipinski definition) is 5. The maximum absolute atomic E-state index is 14.2. The third-order valence-corrected chi connectivity index (χ3v) is 9.55. The molecule has 5 atom stereocenters. The lowest BCUT2D eigenvalue weighted by Gasteiger charge is -2.44. The number of benzene rings is 1. The minimum Gasteiger partial charge on any atom is -0.505 e. The number of rotatable bonds is 7. The number of phenolic OH excluding ortho intramolecular Hbond substituents is 1. The summed E-state index contributed by atoms with van der Waals surface area (Å²) in [4.78, 5) is 26.4. The highest BCUT2D eigenvalue weighted by Gasteiger charge is 2.44. The number of carbonyl (C=O) groups excluding carboxylic acids is 1. The maximum Gasteiger partial charge on any atom is 0.240 e. The second-order valence-corrected chi connectivity index (χ2v) is 11.9. The number of nitrogens with zero attached hydrogens (tertiary/aromatic N) is 3. The zero-order chi connectivity index (χ0) is 27.3. The van der Waals surface area contributed by atoms with Gasteiger partial charge >= 0.3 is 0 Å². The van der Waals surface area contributed by atoms with Crippen molar-refractivity contribution in [2.75, 3.05) is 26.7 Å². The molecule has 1 amide bonds. The molecule has 3 aliphatic heterocycles. The van der Waals surface area contributed by atoms with E-state index in [2.05, 4.69) is 33.0 Å². The van der Waals surface area contributed by atoms with Gasteiger partial charge in [0.2, 0.25) is 5.91 Å². The van der Waals surface area contributed by atoms with Crippen LogP contribution in [-0.4, -0.2) is 75.6 Å². The van der Waals surface area contributed by atoms with Crippen molar-refractivity contribution in [3.8, 4) is 5.75 Å². The fourth-order valence-corrected chi connectivity index (χ4v) is 7.28. The molecule has 212 valence electrons. The molecule has 10 heteroatoms. The van der Waals surface area contributed by atoms with Gasteiger partial charge in [0.25, 0.3) is 0 Å². The number of phenols is 1. The number of aryl methyl sites for hydroxylation is 1. The summed E-state index contributed by atoms with van der Waals surface area (Å²) in [6.07, 6.45) is 5.31. The Bertz CT molecular complexity index is 1210. The molecule has 39 heavy (non-hydrogen) atoms. The van der Waals surface area contributed by atoms with Gasteiger partial charge in [0.1, 0.15) is 5.82 Å². The number of fused-ring (bicyclic) bond motifs is 2. The first-order valence-electron chi connectivity index (χ1n) is 14.7. The number of H-pyrrole nitrogens is 1. The summed E-state index contributed by atoms with van der Waals surface area (Å²) < 4.78 is 14.2. The van der Waals surface area contributed by atoms with E-state index in [1.54, 1.807) is 12.1 Å². The van der Waals surface area contributed by atoms with Crippen molar-refractivity contribution >= 4 is 5.91 Å². The minimum absolute atomic E-state index is 0.0734. The third kappa shape index (κ3) is 4.85. The molecule has 4 heterocycles. The van der Waals surface area contributed by atoms with Gasteiger partial charge in [0.15, 0.2) is 11.6 Å². The molecule has 1 saturated carbocycles. The van der Waals surface area contributed by atoms with Crippen LogP contribution in [0.5, 0.6) is 5.75 Å². The number of carbonyl (C=O) groups is 1. The van der Waals surface area contributed by atoms with Crippen molar-refractivity contribution in [3.63, 3.8) is 0 Å². The summed E-state index contributed by atoms with van der Waals surface area (Å²) >= 11 is 0. The Morgan fingerprint density at radius 1 is 1.23 bits per heavy atom. The number of aromatic nitrogens is 2. The average Bonchev–Trinajstić information content (AvgIpc) is 3.52. The van der Waals surface area contributed by atoms with Crippen LogP contribution in [-0.2, 0) is 24.2 Å². The topological polar surface area (TPSA) is 109 Å². The van der Waals surface area contributed by atoms with Crippen LogP contribution in [0.3, 0.4) is 0 Å². The molecular formula is C29H42FN7O2. The van der Waals surface area contributed by atoms with E-state index in [1.807, 2.05) is 18.9 Å². The second-order valence-electron chi connectivity index (χ2n) is 11.9. The van der Waals surface area contributed by atoms with E-state index in [0.717, 1.165) is 86.6 Å². The van der Waals surface area contributed by atoms with E-state index in [0.29, 0.717) is 18.4 Å². The Hall–Kier alpha value is -2.53. The SMILES string of the molecule is CCCN1Cc2[nH]c(C3NNC4CC(c5cc(F)c(O)cc5CC)CCC43)nc2C[C@H]1C(=O)N1CC(NC)C1. The molecule has 4 aliphatic rings. The Balaban J connectivity index is 1.16. The number of aromatic amines is 1. The number of likely N-dealkylation sites (N-methyl/N-ethyl adjacent to an activating group) is 1. The lowest BCUT2D eigenvalue weighted by atomic mass is 9.73. The summed E-state index contributed by atoms with van der Waals surface area (Å²) in [5.41, 5.74) is 11.2. The molecule has 0 spiro atoms. The lowest BCUT2D eigenvalue weighted by Crippen LogP contribution is -2.63. The molecule has 1 aromatic heterocycles. The zero-order valence-corrected chi connectivity index (χ0v) is 23.3. The van der Waals surface area contributed by atoms with Gasteiger partial charge in [-0.1, -0.05) is 13.8 Å². The fraction of sp³-hybridized carbons (Fsp3) is 0.655. The predicted octanol–water partition coefficient (Wildman–Crippen LogP) is 2.49. The van der Waals surface area contributed by atoms with E-state index in [-0.39, 0.29) is 35.7 Å². The first kappa shape index (κ1) is 26.7. The van der Waals surface area contributed by atoms with Gasteiger partial charge in [-0.2, -0.15) is 0 Å². The quantitative estimate of drug-likeness (QED) is 0.368. The Labute approximate surface area is 229 Å². The van der Waals surface area contributed by atoms with E-state index in [1.165, 1.54) is 0 Å². The molecule has 1 aliphatic carbocycles. The summed E-state index contributed by atoms with van der Waals surface area (Å²) in [5.74, 6) is 1.01. The second kappa shape index (κ2) is 10.8. The first-order valence-corrected chi connectivity index (χ1v) is 14.7. The average molecular weight is 540 g/mol. The van der Waals surface area contributed by atoms with Gasteiger partial charge in [-0.15, -0.1) is 0 Å². The molecule has 2 saturated heterocycles. The number of amides is 1. The highest BCUT2D eigenvalue weighted by Crippen LogP contribution is 2.44. The Kier molecular flexibility index (Phi) is 7.39. The molecular weight excluding hydrogens is 497 g/mol. The molecule has 4 unspecified atom stereocenters. The lowest BCUT2D eigenvalue weighted by molar-refractivity contribution is -0.142. The van der Waals surface area contributed by atoms with Crippen molar-refractivity contribution in [2.24, 2.45) is 5.92 Å². The number of hydrazine groups is 1. The van der Waals surface area contributed by atoms with E-state index < -0.39 is 5.82 Å². The number of halogens is 1. The summed E-state index contributed by atoms with van der Waals surface area (Å²) in [6, 6.07) is 3.71. The normalized spacial score (nSPS) is 29.2. The third-order valence-electron chi connectivity index (χ3n) is 9.55. The van der Waals surface area contributed by atoms with Crippen LogP contribution >= 0.6 is 0 Å². The van der Waals surface area contributed by atoms with Crippen LogP contribution in [0.4, 0.5) is 4.39 Å². The summed E-state index contributed by atoms with van der Waals surface area (Å²) in [5, 5.41) is 13.1. The zero-order valence-electron chi connectivity index (χ0n) is 23.3. The molecule has 5 N–H and O–H groups in total. The highest BCUT2D eigenvalue weighted by atomic mass is 19.1. The number of nitrogens with one attached hydrogen (secondary N) is 4. The van der Waals surface area contributed by atoms with Gasteiger partial charge < -0.3 is 20.3 Å². The molecule has 0 radical (unpaired) electrons. The minimum atomic E-state index is -0.536. The van der Waals surface area contributed by atoms with Gasteiger partial charge in [0, 0.05) is 38.1 Å². The van der Waals surface area contributed by atoms with Crippen LogP contribution < -0.4 is 16.2 Å². The predicted molar refractivity (Wildman–Crippen MR) is 147 cm³/mol. The van der Waals surface area contributed by atoms with Gasteiger partial charge in [-0.25, -0.2) is 14.8 Å². The number of hydrogen-bond acceptors (Lipinski definition) is 7. The van der Waals surface area contributed by atoms with Crippen molar-refractivity contribution in [3.05, 3.63) is 46.3 Å². The van der Waals surface area contributed by atoms with Crippen molar-refractivity contribution in [1.29, 1.82) is 0 Å². The van der Waals surface area contributed by atoms with Crippen LogP contribution in [0.25, 0.3) is 0 Å². The largest absolute Gasteiger partial charge is 0.505 e. The number of imidazole rings is 1. The van der Waals surface area contributed by atoms with Crippen LogP contribution in [0.15, 0.2) is 12.1 Å². The summed E-state index contributed by atoms with van der Waals surface area (Å²) in [7, 11) is 1.95. The molecule has 3 fully saturated rings. The van der Waals surface area contributed by atoms with Crippen LogP contribution in [0.2, 0.25) is 0 Å². The smallest absolute Gasteiger partial charge is 0.240 e. The van der Waals surface area contributed by atoms with Gasteiger partial charge in [-0.05, 0) is 80.8 Å². The van der Waals surface area contributed by atoms with Gasteiger partial charge in [0.05, 0.1) is 23.5 Å². The highest BCUT2D eigenvalue weighted by molar-refractivity contribution is 5.83. The van der Waals surface area contributed by atoms with Crippen LogP contribution in [0, 0.1) is 11.7 Å². The molecule has 1 aromatic carbocycles. The van der Waals surface area contributed by atoms with Crippen molar-refractivity contribution in [1.82, 2.24) is 35.9 Å². The molecule has 9 nitrogen and oxygen atoms in total. The van der Waals surface area contributed by atoms with Gasteiger partial charge in [-0.3, -0.25) is 15.1 Å². The van der Waals surface area contributed by atoms with E-state index in [9.17, 15) is 14.3 Å². The Morgan fingerprint density at radius 2 is 2.05 bits per heavy atom. The van der Waals surface area contributed by atoms with E-state index in [4.69, 9.17) is 4.98 Å². The fourth-order valence-electron chi connectivity index (χ4n) is 7.28. The Morgan fingerprint density at radius 3 is 2.79 bits per heavy atom. The standard InChI is InChI=1S/C29H42FN7O2/c1-4-8-36-15-24-23(12-25(36)29(39)37-13-18(14-37)31-3)32-28(33-24)27-19-7-6-17(9-22(19)34-35-27)20-11-21(30)26(38)10-16(20)5-2/h10-11,17-19,22,25,27,31,34-35,38H,4-9,12-15H2,1-3H3,(H,32,33)/t17?,19?,22?,25-,27?/m0/s1. The monoisotopic (exact) mass is 539 g/mol. The molecule has 6 rings (SSSR count). The maximum atomic E-state index is 14.2.